The van der Waals surface area contributed by atoms with Crippen LogP contribution < -0.4 is 5.32 Å². The lowest BCUT2D eigenvalue weighted by Crippen LogP contribution is -2.13. The van der Waals surface area contributed by atoms with Crippen molar-refractivity contribution in [2.24, 2.45) is 0 Å². The summed E-state index contributed by atoms with van der Waals surface area (Å²) in [7, 11) is 0. The van der Waals surface area contributed by atoms with Crippen molar-refractivity contribution in [3.63, 3.8) is 0 Å². The molecule has 3 rings (SSSR count). The molecule has 0 radical (unpaired) electrons. The van der Waals surface area contributed by atoms with Crippen LogP contribution >= 0.6 is 0 Å². The van der Waals surface area contributed by atoms with Gasteiger partial charge in [0.2, 0.25) is 0 Å². The summed E-state index contributed by atoms with van der Waals surface area (Å²) in [5.74, 6) is -0.798. The quantitative estimate of drug-likeness (QED) is 0.507. The number of carboxylic acids is 1. The fourth-order valence-corrected chi connectivity index (χ4v) is 2.72. The Morgan fingerprint density at radius 1 is 1.07 bits per heavy atom. The Morgan fingerprint density at radius 3 is 2.50 bits per heavy atom. The summed E-state index contributed by atoms with van der Waals surface area (Å²) < 4.78 is 5.72. The fourth-order valence-electron chi connectivity index (χ4n) is 2.72. The average molecular weight is 372 g/mol. The number of nitrogens with zero attached hydrogens (tertiary/aromatic N) is 1. The van der Waals surface area contributed by atoms with Crippen LogP contribution in [-0.4, -0.2) is 17.0 Å². The monoisotopic (exact) mass is 372 g/mol. The number of carboxylic acid groups (broad SMARTS) is 1. The van der Waals surface area contributed by atoms with Crippen molar-refractivity contribution in [1.82, 2.24) is 0 Å². The molecule has 0 atom stereocenters. The van der Waals surface area contributed by atoms with E-state index >= 15 is 0 Å². The van der Waals surface area contributed by atoms with Gasteiger partial charge in [0.15, 0.2) is 0 Å². The molecule has 0 unspecified atom stereocenters. The lowest BCUT2D eigenvalue weighted by atomic mass is 10.0. The highest BCUT2D eigenvalue weighted by molar-refractivity contribution is 6.09. The normalized spacial score (nSPS) is 10.9. The molecule has 138 valence electrons. The van der Waals surface area contributed by atoms with Gasteiger partial charge in [-0.1, -0.05) is 30.3 Å². The van der Waals surface area contributed by atoms with Gasteiger partial charge in [-0.3, -0.25) is 4.79 Å². The van der Waals surface area contributed by atoms with E-state index in [9.17, 15) is 20.0 Å². The van der Waals surface area contributed by atoms with Crippen molar-refractivity contribution in [1.29, 1.82) is 5.26 Å². The zero-order chi connectivity index (χ0) is 20.1. The lowest BCUT2D eigenvalue weighted by Gasteiger charge is -2.06. The number of carbonyl (C=O) groups is 2. The second-order valence-corrected chi connectivity index (χ2v) is 5.98. The third kappa shape index (κ3) is 4.00. The SMILES string of the molecule is Cc1c(C(=O)O)cccc1-c1ccc(/C=C(/C#N)C(=O)Nc2ccccc2)o1. The van der Waals surface area contributed by atoms with E-state index in [0.717, 1.165) is 0 Å². The van der Waals surface area contributed by atoms with Gasteiger partial charge in [0, 0.05) is 17.3 Å². The van der Waals surface area contributed by atoms with Gasteiger partial charge < -0.3 is 14.8 Å². The maximum absolute atomic E-state index is 12.3. The molecule has 28 heavy (non-hydrogen) atoms. The Bertz CT molecular complexity index is 1110. The van der Waals surface area contributed by atoms with Crippen LogP contribution in [0, 0.1) is 18.3 Å². The molecule has 0 fully saturated rings. The van der Waals surface area contributed by atoms with Gasteiger partial charge >= 0.3 is 5.97 Å². The number of carbonyl (C=O) groups excluding carboxylic acids is 1. The lowest BCUT2D eigenvalue weighted by molar-refractivity contribution is -0.112. The first-order valence-electron chi connectivity index (χ1n) is 8.41. The van der Waals surface area contributed by atoms with Gasteiger partial charge in [-0.25, -0.2) is 4.79 Å². The molecule has 0 saturated carbocycles. The van der Waals surface area contributed by atoms with Gasteiger partial charge in [0.1, 0.15) is 23.2 Å². The van der Waals surface area contributed by atoms with Gasteiger partial charge in [-0.05, 0) is 42.8 Å². The van der Waals surface area contributed by atoms with Crippen LogP contribution in [0.5, 0.6) is 0 Å². The minimum Gasteiger partial charge on any atom is -0.478 e. The number of nitrogens with one attached hydrogen (secondary N) is 1. The largest absolute Gasteiger partial charge is 0.478 e. The van der Waals surface area contributed by atoms with Crippen LogP contribution in [0.2, 0.25) is 0 Å². The smallest absolute Gasteiger partial charge is 0.335 e. The summed E-state index contributed by atoms with van der Waals surface area (Å²) >= 11 is 0. The number of nitriles is 1. The predicted molar refractivity (Wildman–Crippen MR) is 105 cm³/mol. The molecule has 3 aromatic rings. The minimum absolute atomic E-state index is 0.110. The van der Waals surface area contributed by atoms with E-state index in [1.54, 1.807) is 55.5 Å². The topological polar surface area (TPSA) is 103 Å². The van der Waals surface area contributed by atoms with Crippen molar-refractivity contribution in [3.8, 4) is 17.4 Å². The van der Waals surface area contributed by atoms with Gasteiger partial charge in [-0.2, -0.15) is 5.26 Å². The number of hydrogen-bond acceptors (Lipinski definition) is 4. The van der Waals surface area contributed by atoms with E-state index in [2.05, 4.69) is 5.32 Å². The first kappa shape index (κ1) is 18.7. The summed E-state index contributed by atoms with van der Waals surface area (Å²) in [5, 5.41) is 21.2. The second-order valence-electron chi connectivity index (χ2n) is 5.98. The van der Waals surface area contributed by atoms with Crippen LogP contribution in [0.15, 0.2) is 70.7 Å². The van der Waals surface area contributed by atoms with Crippen LogP contribution in [0.3, 0.4) is 0 Å². The molecular formula is C22H16N2O4. The average Bonchev–Trinajstić information content (AvgIpc) is 3.15. The van der Waals surface area contributed by atoms with Gasteiger partial charge in [0.05, 0.1) is 5.56 Å². The standard InChI is InChI=1S/C22H16N2O4/c1-14-18(8-5-9-19(14)22(26)27)20-11-10-17(28-20)12-15(13-23)21(25)24-16-6-3-2-4-7-16/h2-12H,1H3,(H,24,25)(H,26,27)/b15-12-. The van der Waals surface area contributed by atoms with Crippen molar-refractivity contribution in [2.75, 3.05) is 5.32 Å². The van der Waals surface area contributed by atoms with Crippen molar-refractivity contribution >= 4 is 23.6 Å². The second kappa shape index (κ2) is 8.06. The predicted octanol–water partition coefficient (Wildman–Crippen LogP) is 4.50. The fraction of sp³-hybridized carbons (Fsp3) is 0.0455. The Kier molecular flexibility index (Phi) is 5.38. The molecule has 0 aliphatic rings. The Labute approximate surface area is 161 Å². The Balaban J connectivity index is 1.87. The zero-order valence-corrected chi connectivity index (χ0v) is 15.0. The van der Waals surface area contributed by atoms with Crippen molar-refractivity contribution in [3.05, 3.63) is 83.1 Å². The number of rotatable bonds is 5. The molecule has 2 N–H and O–H groups in total. The summed E-state index contributed by atoms with van der Waals surface area (Å²) in [6, 6.07) is 18.9. The number of furan rings is 1. The maximum atomic E-state index is 12.3. The Hall–Kier alpha value is -4.11. The number of aromatic carboxylic acids is 1. The highest BCUT2D eigenvalue weighted by Crippen LogP contribution is 2.28. The highest BCUT2D eigenvalue weighted by Gasteiger charge is 2.15. The Morgan fingerprint density at radius 2 is 1.82 bits per heavy atom. The molecular weight excluding hydrogens is 356 g/mol. The number of para-hydroxylation sites is 1. The van der Waals surface area contributed by atoms with Gasteiger partial charge in [0.25, 0.3) is 5.91 Å². The van der Waals surface area contributed by atoms with E-state index in [-0.39, 0.29) is 11.1 Å². The third-order valence-corrected chi connectivity index (χ3v) is 4.14. The summed E-state index contributed by atoms with van der Waals surface area (Å²) in [5.41, 5.74) is 1.86. The molecule has 1 amide bonds. The maximum Gasteiger partial charge on any atom is 0.335 e. The summed E-state index contributed by atoms with van der Waals surface area (Å²) in [4.78, 5) is 23.6. The molecule has 0 aliphatic heterocycles. The number of anilines is 1. The minimum atomic E-state index is -1.02. The van der Waals surface area contributed by atoms with E-state index in [4.69, 9.17) is 4.42 Å². The molecule has 1 heterocycles. The van der Waals surface area contributed by atoms with Crippen LogP contribution in [0.25, 0.3) is 17.4 Å². The van der Waals surface area contributed by atoms with E-state index in [0.29, 0.717) is 28.3 Å². The molecule has 6 nitrogen and oxygen atoms in total. The van der Waals surface area contributed by atoms with Crippen LogP contribution in [0.4, 0.5) is 5.69 Å². The van der Waals surface area contributed by atoms with Crippen molar-refractivity contribution in [2.45, 2.75) is 6.92 Å². The first-order valence-corrected chi connectivity index (χ1v) is 8.41. The molecule has 2 aromatic carbocycles. The number of hydrogen-bond donors (Lipinski definition) is 2. The molecule has 6 heteroatoms. The van der Waals surface area contributed by atoms with Gasteiger partial charge in [-0.15, -0.1) is 0 Å². The first-order chi connectivity index (χ1) is 13.5. The summed E-state index contributed by atoms with van der Waals surface area (Å²) in [6.45, 7) is 1.70. The molecule has 0 bridgehead atoms. The zero-order valence-electron chi connectivity index (χ0n) is 15.0. The summed E-state index contributed by atoms with van der Waals surface area (Å²) in [6.07, 6.45) is 1.35. The number of amides is 1. The molecule has 0 spiro atoms. The molecule has 1 aromatic heterocycles. The van der Waals surface area contributed by atoms with E-state index in [1.807, 2.05) is 12.1 Å². The van der Waals surface area contributed by atoms with Crippen LogP contribution in [0.1, 0.15) is 21.7 Å². The molecule has 0 saturated heterocycles. The van der Waals surface area contributed by atoms with Crippen molar-refractivity contribution < 1.29 is 19.1 Å². The third-order valence-electron chi connectivity index (χ3n) is 4.14. The van der Waals surface area contributed by atoms with E-state index < -0.39 is 11.9 Å². The van der Waals surface area contributed by atoms with E-state index in [1.165, 1.54) is 12.1 Å². The number of benzene rings is 2. The molecule has 0 aliphatic carbocycles. The van der Waals surface area contributed by atoms with Crippen LogP contribution in [-0.2, 0) is 4.79 Å². The highest BCUT2D eigenvalue weighted by atomic mass is 16.4.